The van der Waals surface area contributed by atoms with Gasteiger partial charge >= 0.3 is 5.97 Å². The van der Waals surface area contributed by atoms with Crippen molar-refractivity contribution in [3.8, 4) is 5.75 Å². The number of rotatable bonds is 5. The highest BCUT2D eigenvalue weighted by molar-refractivity contribution is 5.76. The van der Waals surface area contributed by atoms with E-state index >= 15 is 0 Å². The zero-order valence-corrected chi connectivity index (χ0v) is 10.8. The second-order valence-corrected chi connectivity index (χ2v) is 4.80. The Balaban J connectivity index is 2.88. The van der Waals surface area contributed by atoms with Crippen LogP contribution in [0.5, 0.6) is 5.75 Å². The van der Waals surface area contributed by atoms with E-state index in [0.717, 1.165) is 11.3 Å². The van der Waals surface area contributed by atoms with E-state index < -0.39 is 11.9 Å². The van der Waals surface area contributed by atoms with Crippen molar-refractivity contribution in [2.24, 2.45) is 5.92 Å². The fourth-order valence-electron chi connectivity index (χ4n) is 1.84. The minimum Gasteiger partial charge on any atom is -0.491 e. The Morgan fingerprint density at radius 3 is 2.00 bits per heavy atom. The molecule has 0 bridgehead atoms. The molecule has 1 rings (SSSR count). The summed E-state index contributed by atoms with van der Waals surface area (Å²) in [4.78, 5) is 11.2. The highest BCUT2D eigenvalue weighted by atomic mass is 16.5. The summed E-state index contributed by atoms with van der Waals surface area (Å²) in [7, 11) is 0. The van der Waals surface area contributed by atoms with Crippen LogP contribution in [0.3, 0.4) is 0 Å². The van der Waals surface area contributed by atoms with Crippen molar-refractivity contribution < 1.29 is 14.6 Å². The van der Waals surface area contributed by atoms with Crippen molar-refractivity contribution in [2.75, 3.05) is 0 Å². The van der Waals surface area contributed by atoms with Crippen molar-refractivity contribution in [3.05, 3.63) is 29.8 Å². The van der Waals surface area contributed by atoms with Gasteiger partial charge in [0.1, 0.15) is 5.75 Å². The molecule has 0 aliphatic heterocycles. The lowest BCUT2D eigenvalue weighted by atomic mass is 9.88. The maximum atomic E-state index is 11.2. The Labute approximate surface area is 102 Å². The van der Waals surface area contributed by atoms with E-state index in [9.17, 15) is 9.90 Å². The number of ether oxygens (including phenoxy) is 1. The van der Waals surface area contributed by atoms with Gasteiger partial charge in [-0.2, -0.15) is 0 Å². The molecule has 3 heteroatoms. The summed E-state index contributed by atoms with van der Waals surface area (Å²) in [6.07, 6.45) is 0.126. The highest BCUT2D eigenvalue weighted by Crippen LogP contribution is 2.26. The maximum Gasteiger partial charge on any atom is 0.311 e. The van der Waals surface area contributed by atoms with Crippen molar-refractivity contribution in [3.63, 3.8) is 0 Å². The van der Waals surface area contributed by atoms with Crippen LogP contribution in [0.15, 0.2) is 24.3 Å². The lowest BCUT2D eigenvalue weighted by Crippen LogP contribution is -2.17. The van der Waals surface area contributed by atoms with E-state index in [-0.39, 0.29) is 12.0 Å². The van der Waals surface area contributed by atoms with Crippen LogP contribution in [0.25, 0.3) is 0 Å². The fraction of sp³-hybridized carbons (Fsp3) is 0.500. The first-order valence-electron chi connectivity index (χ1n) is 5.91. The van der Waals surface area contributed by atoms with Crippen molar-refractivity contribution >= 4 is 5.97 Å². The van der Waals surface area contributed by atoms with Gasteiger partial charge in [-0.05, 0) is 37.5 Å². The van der Waals surface area contributed by atoms with E-state index in [1.165, 1.54) is 0 Å². The first kappa shape index (κ1) is 13.6. The van der Waals surface area contributed by atoms with Crippen molar-refractivity contribution in [1.29, 1.82) is 0 Å². The Kier molecular flexibility index (Phi) is 4.55. The van der Waals surface area contributed by atoms with Gasteiger partial charge in [-0.1, -0.05) is 26.0 Å². The van der Waals surface area contributed by atoms with E-state index in [2.05, 4.69) is 0 Å². The van der Waals surface area contributed by atoms with E-state index in [0.29, 0.717) is 0 Å². The summed E-state index contributed by atoms with van der Waals surface area (Å²) in [6, 6.07) is 7.31. The Bertz CT molecular complexity index is 366. The third-order valence-electron chi connectivity index (χ3n) is 2.54. The molecule has 0 fully saturated rings. The molecular formula is C14H20O3. The third kappa shape index (κ3) is 3.77. The van der Waals surface area contributed by atoms with Gasteiger partial charge in [0.2, 0.25) is 0 Å². The number of carbonyl (C=O) groups is 1. The average Bonchev–Trinajstić information content (AvgIpc) is 2.18. The Morgan fingerprint density at radius 2 is 1.65 bits per heavy atom. The quantitative estimate of drug-likeness (QED) is 0.853. The number of carboxylic acid groups (broad SMARTS) is 1. The van der Waals surface area contributed by atoms with E-state index in [1.807, 2.05) is 52.0 Å². The van der Waals surface area contributed by atoms with Gasteiger partial charge in [0.05, 0.1) is 12.0 Å². The average molecular weight is 236 g/mol. The van der Waals surface area contributed by atoms with Crippen LogP contribution in [-0.4, -0.2) is 17.2 Å². The summed E-state index contributed by atoms with van der Waals surface area (Å²) in [5, 5.41) is 9.18. The first-order valence-corrected chi connectivity index (χ1v) is 5.91. The van der Waals surface area contributed by atoms with E-state index in [1.54, 1.807) is 0 Å². The second kappa shape index (κ2) is 5.71. The number of hydrogen-bond acceptors (Lipinski definition) is 2. The molecule has 3 nitrogen and oxygen atoms in total. The SMILES string of the molecule is CC(C)Oc1ccc(C(C(=O)O)C(C)C)cc1. The number of benzene rings is 1. The van der Waals surface area contributed by atoms with Crippen molar-refractivity contribution in [2.45, 2.75) is 39.7 Å². The second-order valence-electron chi connectivity index (χ2n) is 4.80. The molecule has 1 atom stereocenters. The van der Waals surface area contributed by atoms with Crippen LogP contribution in [0.4, 0.5) is 0 Å². The molecule has 1 N–H and O–H groups in total. The minimum atomic E-state index is -0.780. The monoisotopic (exact) mass is 236 g/mol. The van der Waals surface area contributed by atoms with Crippen LogP contribution in [-0.2, 0) is 4.79 Å². The first-order chi connectivity index (χ1) is 7.91. The van der Waals surface area contributed by atoms with Crippen LogP contribution in [0.1, 0.15) is 39.2 Å². The van der Waals surface area contributed by atoms with Crippen molar-refractivity contribution in [1.82, 2.24) is 0 Å². The summed E-state index contributed by atoms with van der Waals surface area (Å²) >= 11 is 0. The molecular weight excluding hydrogens is 216 g/mol. The topological polar surface area (TPSA) is 46.5 Å². The summed E-state index contributed by atoms with van der Waals surface area (Å²) in [5.41, 5.74) is 0.823. The normalized spacial score (nSPS) is 12.8. The molecule has 0 saturated carbocycles. The van der Waals surface area contributed by atoms with Crippen LogP contribution >= 0.6 is 0 Å². The van der Waals surface area contributed by atoms with Gasteiger partial charge in [-0.25, -0.2) is 0 Å². The van der Waals surface area contributed by atoms with Gasteiger partial charge in [0.25, 0.3) is 0 Å². The Hall–Kier alpha value is -1.51. The number of hydrogen-bond donors (Lipinski definition) is 1. The lowest BCUT2D eigenvalue weighted by molar-refractivity contribution is -0.139. The molecule has 0 amide bonds. The molecule has 1 aromatic carbocycles. The molecule has 0 radical (unpaired) electrons. The standard InChI is InChI=1S/C14H20O3/c1-9(2)13(14(15)16)11-5-7-12(8-6-11)17-10(3)4/h5-10,13H,1-4H3,(H,15,16). The summed E-state index contributed by atoms with van der Waals surface area (Å²) in [6.45, 7) is 7.75. The molecule has 1 aromatic rings. The van der Waals surface area contributed by atoms with Crippen LogP contribution < -0.4 is 4.74 Å². The maximum absolute atomic E-state index is 11.2. The number of aliphatic carboxylic acids is 1. The van der Waals surface area contributed by atoms with Crippen LogP contribution in [0.2, 0.25) is 0 Å². The molecule has 0 spiro atoms. The lowest BCUT2D eigenvalue weighted by Gasteiger charge is -2.17. The summed E-state index contributed by atoms with van der Waals surface area (Å²) in [5.74, 6) is -0.387. The van der Waals surface area contributed by atoms with E-state index in [4.69, 9.17) is 4.74 Å². The van der Waals surface area contributed by atoms with Gasteiger partial charge in [-0.3, -0.25) is 4.79 Å². The minimum absolute atomic E-state index is 0.0735. The predicted molar refractivity (Wildman–Crippen MR) is 67.4 cm³/mol. The predicted octanol–water partition coefficient (Wildman–Crippen LogP) is 3.30. The largest absolute Gasteiger partial charge is 0.491 e. The molecule has 17 heavy (non-hydrogen) atoms. The van der Waals surface area contributed by atoms with Gasteiger partial charge in [0, 0.05) is 0 Å². The zero-order chi connectivity index (χ0) is 13.0. The Morgan fingerprint density at radius 1 is 1.12 bits per heavy atom. The molecule has 0 aliphatic carbocycles. The van der Waals surface area contributed by atoms with Gasteiger partial charge in [0.15, 0.2) is 0 Å². The fourth-order valence-corrected chi connectivity index (χ4v) is 1.84. The molecule has 1 unspecified atom stereocenters. The molecule has 94 valence electrons. The van der Waals surface area contributed by atoms with Crippen LogP contribution in [0, 0.1) is 5.92 Å². The number of carboxylic acids is 1. The molecule has 0 aliphatic rings. The molecule has 0 heterocycles. The van der Waals surface area contributed by atoms with Gasteiger partial charge in [-0.15, -0.1) is 0 Å². The summed E-state index contributed by atoms with van der Waals surface area (Å²) < 4.78 is 5.52. The zero-order valence-electron chi connectivity index (χ0n) is 10.8. The highest BCUT2D eigenvalue weighted by Gasteiger charge is 2.23. The molecule has 0 aromatic heterocycles. The third-order valence-corrected chi connectivity index (χ3v) is 2.54. The smallest absolute Gasteiger partial charge is 0.311 e. The molecule has 0 saturated heterocycles. The van der Waals surface area contributed by atoms with Gasteiger partial charge < -0.3 is 9.84 Å².